The van der Waals surface area contributed by atoms with E-state index in [2.05, 4.69) is 15.6 Å². The highest BCUT2D eigenvalue weighted by Gasteiger charge is 2.23. The third kappa shape index (κ3) is 3.97. The Bertz CT molecular complexity index is 755. The molecule has 1 aromatic heterocycles. The normalized spacial score (nSPS) is 11.5. The van der Waals surface area contributed by atoms with Gasteiger partial charge in [-0.25, -0.2) is 0 Å². The maximum Gasteiger partial charge on any atom is 0.272 e. The first-order valence-electron chi connectivity index (χ1n) is 7.00. The van der Waals surface area contributed by atoms with Gasteiger partial charge in [-0.05, 0) is 5.56 Å². The largest absolute Gasteiger partial charge is 0.503 e. The summed E-state index contributed by atoms with van der Waals surface area (Å²) in [5.41, 5.74) is -0.0832. The van der Waals surface area contributed by atoms with E-state index < -0.39 is 23.1 Å². The number of aromatic amines is 1. The Kier molecular flexibility index (Phi) is 5.14. The van der Waals surface area contributed by atoms with Gasteiger partial charge >= 0.3 is 0 Å². The first-order valence-corrected chi connectivity index (χ1v) is 7.00. The van der Waals surface area contributed by atoms with Crippen molar-refractivity contribution in [1.82, 2.24) is 15.6 Å². The summed E-state index contributed by atoms with van der Waals surface area (Å²) in [5.74, 6) is -1.79. The highest BCUT2D eigenvalue weighted by atomic mass is 16.3. The number of rotatable bonds is 5. The number of H-pyrrole nitrogens is 1. The third-order valence-electron chi connectivity index (χ3n) is 3.31. The maximum atomic E-state index is 12.2. The summed E-state index contributed by atoms with van der Waals surface area (Å²) in [5, 5.41) is 14.7. The van der Waals surface area contributed by atoms with Crippen LogP contribution in [0.15, 0.2) is 47.4 Å². The van der Waals surface area contributed by atoms with Crippen LogP contribution in [0.1, 0.15) is 16.1 Å². The predicted molar refractivity (Wildman–Crippen MR) is 84.2 cm³/mol. The Balaban J connectivity index is 2.20. The second-order valence-corrected chi connectivity index (χ2v) is 4.90. The van der Waals surface area contributed by atoms with Gasteiger partial charge in [0.15, 0.2) is 11.4 Å². The fraction of sp³-hybridized carbons (Fsp3) is 0.188. The van der Waals surface area contributed by atoms with Crippen LogP contribution >= 0.6 is 0 Å². The fourth-order valence-corrected chi connectivity index (χ4v) is 2.11. The number of nitrogens with one attached hydrogen (secondary N) is 3. The number of hydrogen-bond donors (Lipinski definition) is 4. The summed E-state index contributed by atoms with van der Waals surface area (Å²) in [6, 6.07) is 9.46. The van der Waals surface area contributed by atoms with Crippen molar-refractivity contribution in [2.45, 2.75) is 12.5 Å². The number of hydrogen-bond acceptors (Lipinski definition) is 4. The van der Waals surface area contributed by atoms with Crippen LogP contribution in [0.25, 0.3) is 0 Å². The first kappa shape index (κ1) is 16.3. The Labute approximate surface area is 132 Å². The molecular formula is C16H17N3O4. The molecule has 0 aliphatic carbocycles. The first-order chi connectivity index (χ1) is 11.0. The SMILES string of the molecule is CNC(=O)[C@H](Cc1ccccc1)NC(=O)c1[nH]ccc(=O)c1O. The van der Waals surface area contributed by atoms with E-state index in [0.717, 1.165) is 11.6 Å². The van der Waals surface area contributed by atoms with E-state index in [1.807, 2.05) is 30.3 Å². The molecule has 120 valence electrons. The van der Waals surface area contributed by atoms with Crippen LogP contribution < -0.4 is 16.1 Å². The number of carbonyl (C=O) groups is 2. The average Bonchev–Trinajstić information content (AvgIpc) is 2.56. The molecule has 0 saturated heterocycles. The third-order valence-corrected chi connectivity index (χ3v) is 3.31. The molecule has 4 N–H and O–H groups in total. The lowest BCUT2D eigenvalue weighted by Gasteiger charge is -2.17. The van der Waals surface area contributed by atoms with Gasteiger partial charge in [0.25, 0.3) is 5.91 Å². The molecule has 0 aliphatic heterocycles. The molecular weight excluding hydrogens is 298 g/mol. The fourth-order valence-electron chi connectivity index (χ4n) is 2.11. The van der Waals surface area contributed by atoms with Crippen molar-refractivity contribution in [1.29, 1.82) is 0 Å². The van der Waals surface area contributed by atoms with Gasteiger partial charge in [0.1, 0.15) is 6.04 Å². The molecule has 1 heterocycles. The zero-order valence-corrected chi connectivity index (χ0v) is 12.5. The van der Waals surface area contributed by atoms with Gasteiger partial charge in [-0.3, -0.25) is 14.4 Å². The second-order valence-electron chi connectivity index (χ2n) is 4.90. The minimum atomic E-state index is -0.835. The average molecular weight is 315 g/mol. The molecule has 7 heteroatoms. The van der Waals surface area contributed by atoms with E-state index >= 15 is 0 Å². The molecule has 1 atom stereocenters. The summed E-state index contributed by atoms with van der Waals surface area (Å²) in [4.78, 5) is 38.1. The lowest BCUT2D eigenvalue weighted by molar-refractivity contribution is -0.122. The van der Waals surface area contributed by atoms with E-state index in [-0.39, 0.29) is 18.0 Å². The van der Waals surface area contributed by atoms with E-state index in [0.29, 0.717) is 0 Å². The van der Waals surface area contributed by atoms with Crippen molar-refractivity contribution in [2.75, 3.05) is 7.05 Å². The minimum absolute atomic E-state index is 0.278. The molecule has 0 aliphatic rings. The summed E-state index contributed by atoms with van der Waals surface area (Å²) in [7, 11) is 1.47. The Morgan fingerprint density at radius 2 is 1.91 bits per heavy atom. The smallest absolute Gasteiger partial charge is 0.272 e. The van der Waals surface area contributed by atoms with Crippen molar-refractivity contribution in [3.63, 3.8) is 0 Å². The van der Waals surface area contributed by atoms with Crippen LogP contribution in [0.3, 0.4) is 0 Å². The van der Waals surface area contributed by atoms with Crippen LogP contribution in [-0.2, 0) is 11.2 Å². The van der Waals surface area contributed by atoms with Gasteiger partial charge in [-0.15, -0.1) is 0 Å². The van der Waals surface area contributed by atoms with Crippen LogP contribution in [0.4, 0.5) is 0 Å². The van der Waals surface area contributed by atoms with Gasteiger partial charge in [0.05, 0.1) is 0 Å². The Morgan fingerprint density at radius 3 is 2.57 bits per heavy atom. The number of benzene rings is 1. The van der Waals surface area contributed by atoms with Gasteiger partial charge in [-0.1, -0.05) is 30.3 Å². The highest BCUT2D eigenvalue weighted by Crippen LogP contribution is 2.09. The lowest BCUT2D eigenvalue weighted by atomic mass is 10.1. The summed E-state index contributed by atoms with van der Waals surface area (Å²) in [6.07, 6.45) is 1.53. The molecule has 1 aromatic carbocycles. The Morgan fingerprint density at radius 1 is 1.22 bits per heavy atom. The number of amides is 2. The summed E-state index contributed by atoms with van der Waals surface area (Å²) in [6.45, 7) is 0. The van der Waals surface area contributed by atoms with Gasteiger partial charge < -0.3 is 20.7 Å². The van der Waals surface area contributed by atoms with E-state index in [4.69, 9.17) is 0 Å². The van der Waals surface area contributed by atoms with Gasteiger partial charge in [0.2, 0.25) is 11.3 Å². The molecule has 2 amide bonds. The molecule has 2 aromatic rings. The van der Waals surface area contributed by atoms with E-state index in [1.165, 1.54) is 13.2 Å². The van der Waals surface area contributed by atoms with Gasteiger partial charge in [-0.2, -0.15) is 0 Å². The number of likely N-dealkylation sites (N-methyl/N-ethyl adjacent to an activating group) is 1. The summed E-state index contributed by atoms with van der Waals surface area (Å²) < 4.78 is 0. The zero-order valence-electron chi connectivity index (χ0n) is 12.5. The number of pyridine rings is 1. The monoisotopic (exact) mass is 315 g/mol. The highest BCUT2D eigenvalue weighted by molar-refractivity contribution is 5.97. The van der Waals surface area contributed by atoms with E-state index in [1.54, 1.807) is 0 Å². The molecule has 0 saturated carbocycles. The topological polar surface area (TPSA) is 111 Å². The van der Waals surface area contributed by atoms with Crippen LogP contribution in [0, 0.1) is 0 Å². The van der Waals surface area contributed by atoms with Crippen molar-refractivity contribution in [3.8, 4) is 5.75 Å². The molecule has 0 unspecified atom stereocenters. The predicted octanol–water partition coefficient (Wildman–Crippen LogP) is 0.168. The van der Waals surface area contributed by atoms with E-state index in [9.17, 15) is 19.5 Å². The zero-order chi connectivity index (χ0) is 16.8. The van der Waals surface area contributed by atoms with Crippen molar-refractivity contribution < 1.29 is 14.7 Å². The second kappa shape index (κ2) is 7.26. The number of aromatic nitrogens is 1. The van der Waals surface area contributed by atoms with Crippen LogP contribution in [0.2, 0.25) is 0 Å². The van der Waals surface area contributed by atoms with Crippen LogP contribution in [-0.4, -0.2) is 35.0 Å². The molecule has 0 fully saturated rings. The molecule has 0 bridgehead atoms. The standard InChI is InChI=1S/C16H17N3O4/c1-17-15(22)11(9-10-5-3-2-4-6-10)19-16(23)13-14(21)12(20)7-8-18-13/h2-8,11,21H,9H2,1H3,(H,17,22)(H,18,20)(H,19,23)/t11-/m0/s1. The summed E-state index contributed by atoms with van der Waals surface area (Å²) >= 11 is 0. The van der Waals surface area contributed by atoms with Crippen molar-refractivity contribution in [2.24, 2.45) is 0 Å². The lowest BCUT2D eigenvalue weighted by Crippen LogP contribution is -2.47. The maximum absolute atomic E-state index is 12.2. The number of carbonyl (C=O) groups excluding carboxylic acids is 2. The van der Waals surface area contributed by atoms with Crippen LogP contribution in [0.5, 0.6) is 5.75 Å². The Hall–Kier alpha value is -3.09. The van der Waals surface area contributed by atoms with Crippen molar-refractivity contribution >= 4 is 11.8 Å². The molecule has 23 heavy (non-hydrogen) atoms. The van der Waals surface area contributed by atoms with Crippen molar-refractivity contribution in [3.05, 3.63) is 64.1 Å². The quantitative estimate of drug-likeness (QED) is 0.630. The minimum Gasteiger partial charge on any atom is -0.503 e. The molecule has 7 nitrogen and oxygen atoms in total. The van der Waals surface area contributed by atoms with Gasteiger partial charge in [0, 0.05) is 25.7 Å². The number of aromatic hydroxyl groups is 1. The molecule has 0 radical (unpaired) electrons. The molecule has 0 spiro atoms. The molecule has 2 rings (SSSR count).